The first-order valence-electron chi connectivity index (χ1n) is 8.26. The minimum absolute atomic E-state index is 0.149. The number of sulfonamides is 1. The number of ether oxygens (including phenoxy) is 1. The molecule has 6 nitrogen and oxygen atoms in total. The van der Waals surface area contributed by atoms with Crippen molar-refractivity contribution in [2.75, 3.05) is 26.7 Å². The van der Waals surface area contributed by atoms with Crippen LogP contribution < -0.4 is 0 Å². The molecule has 24 heavy (non-hydrogen) atoms. The summed E-state index contributed by atoms with van der Waals surface area (Å²) in [6, 6.07) is 6.27. The van der Waals surface area contributed by atoms with Crippen LogP contribution in [0.25, 0.3) is 0 Å². The highest BCUT2D eigenvalue weighted by Gasteiger charge is 2.32. The standard InChI is InChI=1S/C17H26N2O4S/c1-5-9-18(4)17(20)15-7-6-8-16(10-15)24(21,22)19-11-13(2)23-14(3)12-19/h6-8,10,13-14H,5,9,11-12H2,1-4H3. The molecule has 0 saturated carbocycles. The Morgan fingerprint density at radius 1 is 1.29 bits per heavy atom. The quantitative estimate of drug-likeness (QED) is 0.811. The Morgan fingerprint density at radius 2 is 1.92 bits per heavy atom. The summed E-state index contributed by atoms with van der Waals surface area (Å²) in [7, 11) is -1.92. The molecule has 1 fully saturated rings. The lowest BCUT2D eigenvalue weighted by Crippen LogP contribution is -2.48. The topological polar surface area (TPSA) is 66.9 Å². The zero-order valence-electron chi connectivity index (χ0n) is 14.7. The monoisotopic (exact) mass is 354 g/mol. The molecule has 1 aromatic rings. The van der Waals surface area contributed by atoms with Gasteiger partial charge < -0.3 is 9.64 Å². The highest BCUT2D eigenvalue weighted by atomic mass is 32.2. The Hall–Kier alpha value is -1.44. The lowest BCUT2D eigenvalue weighted by Gasteiger charge is -2.34. The minimum atomic E-state index is -3.64. The van der Waals surface area contributed by atoms with E-state index < -0.39 is 10.0 Å². The molecule has 2 atom stereocenters. The smallest absolute Gasteiger partial charge is 0.253 e. The van der Waals surface area contributed by atoms with Crippen molar-refractivity contribution in [2.24, 2.45) is 0 Å². The molecule has 1 saturated heterocycles. The molecule has 0 radical (unpaired) electrons. The molecule has 0 bridgehead atoms. The zero-order valence-corrected chi connectivity index (χ0v) is 15.5. The zero-order chi connectivity index (χ0) is 17.9. The number of morpholine rings is 1. The third kappa shape index (κ3) is 4.15. The molecule has 7 heteroatoms. The van der Waals surface area contributed by atoms with Gasteiger partial charge in [0.05, 0.1) is 17.1 Å². The van der Waals surface area contributed by atoms with Crippen molar-refractivity contribution in [1.29, 1.82) is 0 Å². The third-order valence-electron chi connectivity index (χ3n) is 4.01. The predicted octanol–water partition coefficient (Wildman–Crippen LogP) is 1.97. The van der Waals surface area contributed by atoms with Crippen molar-refractivity contribution < 1.29 is 17.9 Å². The second-order valence-corrected chi connectivity index (χ2v) is 8.27. The lowest BCUT2D eigenvalue weighted by molar-refractivity contribution is -0.0440. The number of rotatable bonds is 5. The van der Waals surface area contributed by atoms with Crippen LogP contribution in [0.15, 0.2) is 29.2 Å². The van der Waals surface area contributed by atoms with Gasteiger partial charge in [0.25, 0.3) is 5.91 Å². The highest BCUT2D eigenvalue weighted by molar-refractivity contribution is 7.89. The molecule has 2 rings (SSSR count). The average Bonchev–Trinajstić information content (AvgIpc) is 2.53. The van der Waals surface area contributed by atoms with E-state index in [0.717, 1.165) is 6.42 Å². The van der Waals surface area contributed by atoms with Gasteiger partial charge in [0.2, 0.25) is 10.0 Å². The van der Waals surface area contributed by atoms with Crippen LogP contribution >= 0.6 is 0 Å². The van der Waals surface area contributed by atoms with Crippen molar-refractivity contribution in [3.8, 4) is 0 Å². The van der Waals surface area contributed by atoms with Crippen molar-refractivity contribution in [3.05, 3.63) is 29.8 Å². The van der Waals surface area contributed by atoms with Gasteiger partial charge in [-0.3, -0.25) is 4.79 Å². The summed E-state index contributed by atoms with van der Waals surface area (Å²) in [5.74, 6) is -0.169. The molecule has 1 aliphatic rings. The van der Waals surface area contributed by atoms with Gasteiger partial charge in [-0.2, -0.15) is 4.31 Å². The van der Waals surface area contributed by atoms with Crippen LogP contribution in [0.3, 0.4) is 0 Å². The lowest BCUT2D eigenvalue weighted by atomic mass is 10.2. The van der Waals surface area contributed by atoms with Crippen LogP contribution in [0, 0.1) is 0 Å². The van der Waals surface area contributed by atoms with Crippen LogP contribution in [-0.4, -0.2) is 62.4 Å². The van der Waals surface area contributed by atoms with Gasteiger partial charge >= 0.3 is 0 Å². The predicted molar refractivity (Wildman–Crippen MR) is 92.5 cm³/mol. The first-order chi connectivity index (χ1) is 11.3. The van der Waals surface area contributed by atoms with Gasteiger partial charge in [0, 0.05) is 32.2 Å². The van der Waals surface area contributed by atoms with Crippen molar-refractivity contribution in [2.45, 2.75) is 44.3 Å². The SMILES string of the molecule is CCCN(C)C(=O)c1cccc(S(=O)(=O)N2CC(C)OC(C)C2)c1. The van der Waals surface area contributed by atoms with E-state index in [0.29, 0.717) is 25.2 Å². The number of amides is 1. The van der Waals surface area contributed by atoms with Crippen LogP contribution in [0.5, 0.6) is 0 Å². The fourth-order valence-corrected chi connectivity index (χ4v) is 4.56. The molecular formula is C17H26N2O4S. The van der Waals surface area contributed by atoms with E-state index in [2.05, 4.69) is 0 Å². The summed E-state index contributed by atoms with van der Waals surface area (Å²) in [4.78, 5) is 14.1. The number of benzene rings is 1. The van der Waals surface area contributed by atoms with E-state index in [1.165, 1.54) is 16.4 Å². The maximum Gasteiger partial charge on any atom is 0.253 e. The number of hydrogen-bond donors (Lipinski definition) is 0. The van der Waals surface area contributed by atoms with Crippen molar-refractivity contribution in [1.82, 2.24) is 9.21 Å². The Balaban J connectivity index is 2.28. The van der Waals surface area contributed by atoms with Gasteiger partial charge in [-0.1, -0.05) is 13.0 Å². The van der Waals surface area contributed by atoms with Gasteiger partial charge in [-0.05, 0) is 38.5 Å². The second-order valence-electron chi connectivity index (χ2n) is 6.33. The van der Waals surface area contributed by atoms with E-state index in [1.54, 1.807) is 24.1 Å². The molecule has 1 aliphatic heterocycles. The summed E-state index contributed by atoms with van der Waals surface area (Å²) < 4.78 is 32.8. The Kier molecular flexibility index (Phi) is 6.01. The molecule has 1 amide bonds. The van der Waals surface area contributed by atoms with E-state index in [1.807, 2.05) is 20.8 Å². The average molecular weight is 354 g/mol. The Labute approximate surface area is 144 Å². The number of hydrogen-bond acceptors (Lipinski definition) is 4. The second kappa shape index (κ2) is 7.63. The molecule has 0 spiro atoms. The fraction of sp³-hybridized carbons (Fsp3) is 0.588. The molecule has 2 unspecified atom stereocenters. The van der Waals surface area contributed by atoms with Gasteiger partial charge in [-0.25, -0.2) is 8.42 Å². The van der Waals surface area contributed by atoms with Crippen LogP contribution in [0.2, 0.25) is 0 Å². The highest BCUT2D eigenvalue weighted by Crippen LogP contribution is 2.22. The maximum absolute atomic E-state index is 12.9. The fourth-order valence-electron chi connectivity index (χ4n) is 2.92. The molecule has 1 heterocycles. The van der Waals surface area contributed by atoms with E-state index in [9.17, 15) is 13.2 Å². The van der Waals surface area contributed by atoms with E-state index in [4.69, 9.17) is 4.74 Å². The number of nitrogens with zero attached hydrogens (tertiary/aromatic N) is 2. The van der Waals surface area contributed by atoms with Crippen LogP contribution in [-0.2, 0) is 14.8 Å². The molecular weight excluding hydrogens is 328 g/mol. The van der Waals surface area contributed by atoms with E-state index in [-0.39, 0.29) is 23.0 Å². The van der Waals surface area contributed by atoms with E-state index >= 15 is 0 Å². The van der Waals surface area contributed by atoms with Crippen molar-refractivity contribution >= 4 is 15.9 Å². The minimum Gasteiger partial charge on any atom is -0.373 e. The van der Waals surface area contributed by atoms with Gasteiger partial charge in [0.1, 0.15) is 0 Å². The summed E-state index contributed by atoms with van der Waals surface area (Å²) in [5.41, 5.74) is 0.390. The van der Waals surface area contributed by atoms with Crippen molar-refractivity contribution in [3.63, 3.8) is 0 Å². The summed E-state index contributed by atoms with van der Waals surface area (Å²) in [5, 5.41) is 0. The van der Waals surface area contributed by atoms with Crippen LogP contribution in [0.4, 0.5) is 0 Å². The number of carbonyl (C=O) groups is 1. The summed E-state index contributed by atoms with van der Waals surface area (Å²) in [6.07, 6.45) is 0.553. The largest absolute Gasteiger partial charge is 0.373 e. The first-order valence-corrected chi connectivity index (χ1v) is 9.70. The Morgan fingerprint density at radius 3 is 2.50 bits per heavy atom. The molecule has 0 N–H and O–H groups in total. The normalized spacial score (nSPS) is 22.3. The molecule has 134 valence electrons. The Bertz CT molecular complexity index is 680. The first kappa shape index (κ1) is 18.9. The van der Waals surface area contributed by atoms with Crippen LogP contribution in [0.1, 0.15) is 37.6 Å². The molecule has 0 aromatic heterocycles. The maximum atomic E-state index is 12.9. The number of carbonyl (C=O) groups excluding carboxylic acids is 1. The molecule has 1 aromatic carbocycles. The summed E-state index contributed by atoms with van der Waals surface area (Å²) >= 11 is 0. The van der Waals surface area contributed by atoms with Gasteiger partial charge in [-0.15, -0.1) is 0 Å². The summed E-state index contributed by atoms with van der Waals surface area (Å²) in [6.45, 7) is 6.98. The van der Waals surface area contributed by atoms with Gasteiger partial charge in [0.15, 0.2) is 0 Å². The third-order valence-corrected chi connectivity index (χ3v) is 5.84. The molecule has 0 aliphatic carbocycles.